The minimum absolute atomic E-state index is 0.224. The molecule has 16 heavy (non-hydrogen) atoms. The zero-order chi connectivity index (χ0) is 11.8. The van der Waals surface area contributed by atoms with E-state index < -0.39 is 12.0 Å². The van der Waals surface area contributed by atoms with Crippen molar-refractivity contribution >= 4 is 12.0 Å². The first-order chi connectivity index (χ1) is 7.52. The Balaban J connectivity index is 1.85. The first-order valence-electron chi connectivity index (χ1n) is 5.79. The number of nitrogens with one attached hydrogen (secondary N) is 1. The second kappa shape index (κ2) is 3.96. The second-order valence-corrected chi connectivity index (χ2v) is 5.16. The van der Waals surface area contributed by atoms with E-state index in [1.54, 1.807) is 0 Å². The van der Waals surface area contributed by atoms with Gasteiger partial charge in [-0.1, -0.05) is 6.92 Å². The van der Waals surface area contributed by atoms with Crippen LogP contribution < -0.4 is 5.32 Å². The van der Waals surface area contributed by atoms with E-state index in [1.807, 2.05) is 0 Å². The fraction of sp³-hybridized carbons (Fsp3) is 0.818. The highest BCUT2D eigenvalue weighted by atomic mass is 16.4. The SMILES string of the molecule is CC1(CNC(=O)N2CCC[C@H]2C(=O)O)CC1. The van der Waals surface area contributed by atoms with E-state index in [1.165, 1.54) is 4.90 Å². The standard InChI is InChI=1S/C11H18N2O3/c1-11(4-5-11)7-12-10(16)13-6-2-3-8(13)9(14)15/h8H,2-7H2,1H3,(H,12,16)(H,14,15)/t8-/m0/s1. The van der Waals surface area contributed by atoms with Gasteiger partial charge in [0.15, 0.2) is 0 Å². The van der Waals surface area contributed by atoms with Crippen LogP contribution in [0.25, 0.3) is 0 Å². The molecule has 90 valence electrons. The van der Waals surface area contributed by atoms with Crippen molar-refractivity contribution in [3.63, 3.8) is 0 Å². The minimum atomic E-state index is -0.898. The molecule has 0 aromatic heterocycles. The summed E-state index contributed by atoms with van der Waals surface area (Å²) < 4.78 is 0. The Morgan fingerprint density at radius 3 is 2.75 bits per heavy atom. The number of rotatable bonds is 3. The van der Waals surface area contributed by atoms with E-state index in [9.17, 15) is 9.59 Å². The van der Waals surface area contributed by atoms with Gasteiger partial charge in [0.05, 0.1) is 0 Å². The molecule has 2 aliphatic rings. The first-order valence-corrected chi connectivity index (χ1v) is 5.79. The molecule has 5 heteroatoms. The molecule has 1 saturated heterocycles. The summed E-state index contributed by atoms with van der Waals surface area (Å²) in [6.07, 6.45) is 3.65. The van der Waals surface area contributed by atoms with Gasteiger partial charge in [-0.05, 0) is 31.1 Å². The van der Waals surface area contributed by atoms with Gasteiger partial charge in [0.2, 0.25) is 0 Å². The summed E-state index contributed by atoms with van der Waals surface area (Å²) in [7, 11) is 0. The highest BCUT2D eigenvalue weighted by Crippen LogP contribution is 2.44. The number of hydrogen-bond acceptors (Lipinski definition) is 2. The van der Waals surface area contributed by atoms with E-state index in [0.717, 1.165) is 19.3 Å². The van der Waals surface area contributed by atoms with Gasteiger partial charge in [0.1, 0.15) is 6.04 Å². The maximum atomic E-state index is 11.8. The van der Waals surface area contributed by atoms with Crippen LogP contribution in [0.15, 0.2) is 0 Å². The molecule has 1 heterocycles. The number of likely N-dealkylation sites (tertiary alicyclic amines) is 1. The van der Waals surface area contributed by atoms with Gasteiger partial charge in [0, 0.05) is 13.1 Å². The molecule has 2 fully saturated rings. The summed E-state index contributed by atoms with van der Waals surface area (Å²) in [5.41, 5.74) is 0.258. The molecule has 1 aliphatic heterocycles. The summed E-state index contributed by atoms with van der Waals surface area (Å²) in [5, 5.41) is 11.8. The summed E-state index contributed by atoms with van der Waals surface area (Å²) >= 11 is 0. The molecule has 5 nitrogen and oxygen atoms in total. The lowest BCUT2D eigenvalue weighted by Gasteiger charge is -2.22. The Labute approximate surface area is 94.8 Å². The Hall–Kier alpha value is -1.26. The molecule has 1 aliphatic carbocycles. The molecule has 0 aromatic carbocycles. The summed E-state index contributed by atoms with van der Waals surface area (Å²) in [6.45, 7) is 3.35. The number of carbonyl (C=O) groups excluding carboxylic acids is 1. The molecule has 2 rings (SSSR count). The Morgan fingerprint density at radius 1 is 1.50 bits per heavy atom. The van der Waals surface area contributed by atoms with Gasteiger partial charge in [-0.25, -0.2) is 9.59 Å². The number of aliphatic carboxylic acids is 1. The molecule has 0 radical (unpaired) electrons. The third-order valence-corrected chi connectivity index (χ3v) is 3.57. The van der Waals surface area contributed by atoms with Crippen LogP contribution in [0, 0.1) is 5.41 Å². The monoisotopic (exact) mass is 226 g/mol. The summed E-state index contributed by atoms with van der Waals surface area (Å²) in [5.74, 6) is -0.898. The van der Waals surface area contributed by atoms with Crippen molar-refractivity contribution < 1.29 is 14.7 Å². The minimum Gasteiger partial charge on any atom is -0.480 e. The van der Waals surface area contributed by atoms with Crippen LogP contribution >= 0.6 is 0 Å². The Bertz CT molecular complexity index is 312. The van der Waals surface area contributed by atoms with E-state index in [2.05, 4.69) is 12.2 Å². The van der Waals surface area contributed by atoms with Gasteiger partial charge in [-0.3, -0.25) is 0 Å². The number of amides is 2. The van der Waals surface area contributed by atoms with Crippen LogP contribution in [0.3, 0.4) is 0 Å². The zero-order valence-corrected chi connectivity index (χ0v) is 9.53. The van der Waals surface area contributed by atoms with Gasteiger partial charge in [0.25, 0.3) is 0 Å². The second-order valence-electron chi connectivity index (χ2n) is 5.16. The van der Waals surface area contributed by atoms with Crippen molar-refractivity contribution in [3.05, 3.63) is 0 Å². The topological polar surface area (TPSA) is 69.6 Å². The Kier molecular flexibility index (Phi) is 2.78. The van der Waals surface area contributed by atoms with Gasteiger partial charge in [-0.2, -0.15) is 0 Å². The molecule has 2 N–H and O–H groups in total. The average Bonchev–Trinajstić information content (AvgIpc) is 2.81. The number of urea groups is 1. The Morgan fingerprint density at radius 2 is 2.19 bits per heavy atom. The largest absolute Gasteiger partial charge is 0.480 e. The normalized spacial score (nSPS) is 26.6. The first kappa shape index (κ1) is 11.2. The van der Waals surface area contributed by atoms with E-state index in [4.69, 9.17) is 5.11 Å². The fourth-order valence-corrected chi connectivity index (χ4v) is 2.05. The lowest BCUT2D eigenvalue weighted by Crippen LogP contribution is -2.47. The van der Waals surface area contributed by atoms with E-state index in [0.29, 0.717) is 19.5 Å². The smallest absolute Gasteiger partial charge is 0.326 e. The van der Waals surface area contributed by atoms with Crippen molar-refractivity contribution in [2.45, 2.75) is 38.6 Å². The molecule has 1 saturated carbocycles. The predicted octanol–water partition coefficient (Wildman–Crippen LogP) is 1.05. The van der Waals surface area contributed by atoms with Crippen LogP contribution in [-0.2, 0) is 4.79 Å². The molecule has 0 aromatic rings. The van der Waals surface area contributed by atoms with Crippen LogP contribution in [0.4, 0.5) is 4.79 Å². The van der Waals surface area contributed by atoms with E-state index in [-0.39, 0.29) is 11.4 Å². The predicted molar refractivity (Wildman–Crippen MR) is 58.1 cm³/mol. The number of carboxylic acid groups (broad SMARTS) is 1. The van der Waals surface area contributed by atoms with Crippen molar-refractivity contribution in [1.29, 1.82) is 0 Å². The molecule has 1 atom stereocenters. The lowest BCUT2D eigenvalue weighted by atomic mass is 10.1. The van der Waals surface area contributed by atoms with Crippen molar-refractivity contribution in [2.24, 2.45) is 5.41 Å². The molecular formula is C11H18N2O3. The van der Waals surface area contributed by atoms with Crippen LogP contribution in [0.1, 0.15) is 32.6 Å². The molecule has 0 spiro atoms. The third-order valence-electron chi connectivity index (χ3n) is 3.57. The quantitative estimate of drug-likeness (QED) is 0.755. The molecule has 0 bridgehead atoms. The highest BCUT2D eigenvalue weighted by Gasteiger charge is 2.39. The number of carbonyl (C=O) groups is 2. The number of carboxylic acids is 1. The molecular weight excluding hydrogens is 208 g/mol. The fourth-order valence-electron chi connectivity index (χ4n) is 2.05. The van der Waals surface area contributed by atoms with Crippen molar-refractivity contribution in [2.75, 3.05) is 13.1 Å². The van der Waals surface area contributed by atoms with Gasteiger partial charge < -0.3 is 15.3 Å². The maximum absolute atomic E-state index is 11.8. The van der Waals surface area contributed by atoms with Gasteiger partial charge in [-0.15, -0.1) is 0 Å². The van der Waals surface area contributed by atoms with Crippen molar-refractivity contribution in [1.82, 2.24) is 10.2 Å². The molecule has 0 unspecified atom stereocenters. The lowest BCUT2D eigenvalue weighted by molar-refractivity contribution is -0.141. The maximum Gasteiger partial charge on any atom is 0.326 e. The zero-order valence-electron chi connectivity index (χ0n) is 9.53. The van der Waals surface area contributed by atoms with Crippen LogP contribution in [-0.4, -0.2) is 41.1 Å². The van der Waals surface area contributed by atoms with Crippen LogP contribution in [0.2, 0.25) is 0 Å². The average molecular weight is 226 g/mol. The van der Waals surface area contributed by atoms with Gasteiger partial charge >= 0.3 is 12.0 Å². The summed E-state index contributed by atoms with van der Waals surface area (Å²) in [6, 6.07) is -0.856. The number of hydrogen-bond donors (Lipinski definition) is 2. The summed E-state index contributed by atoms with van der Waals surface area (Å²) in [4.78, 5) is 24.1. The van der Waals surface area contributed by atoms with Crippen molar-refractivity contribution in [3.8, 4) is 0 Å². The molecule has 2 amide bonds. The van der Waals surface area contributed by atoms with Crippen LogP contribution in [0.5, 0.6) is 0 Å². The van der Waals surface area contributed by atoms with E-state index >= 15 is 0 Å². The highest BCUT2D eigenvalue weighted by molar-refractivity contribution is 5.83. The third kappa shape index (κ3) is 2.28. The number of nitrogens with zero attached hydrogens (tertiary/aromatic N) is 1.